The SMILES string of the molecule is O=C1CCC(O)(c2ccccc2C(F)(F)F)CC1. The van der Waals surface area contributed by atoms with E-state index in [-0.39, 0.29) is 37.0 Å². The second-order valence-electron chi connectivity index (χ2n) is 4.61. The number of carbonyl (C=O) groups excluding carboxylic acids is 1. The smallest absolute Gasteiger partial charge is 0.385 e. The van der Waals surface area contributed by atoms with Crippen LogP contribution in [0.4, 0.5) is 13.2 Å². The second-order valence-corrected chi connectivity index (χ2v) is 4.61. The van der Waals surface area contributed by atoms with Crippen LogP contribution in [0.2, 0.25) is 0 Å². The molecule has 0 aromatic heterocycles. The molecule has 2 rings (SSSR count). The average molecular weight is 258 g/mol. The minimum absolute atomic E-state index is 0.0100. The maximum absolute atomic E-state index is 12.9. The molecule has 5 heteroatoms. The van der Waals surface area contributed by atoms with Gasteiger partial charge in [-0.25, -0.2) is 0 Å². The number of aliphatic hydroxyl groups is 1. The summed E-state index contributed by atoms with van der Waals surface area (Å²) in [5, 5.41) is 10.4. The van der Waals surface area contributed by atoms with Crippen LogP contribution in [0.15, 0.2) is 24.3 Å². The van der Waals surface area contributed by atoms with Crippen LogP contribution < -0.4 is 0 Å². The lowest BCUT2D eigenvalue weighted by molar-refractivity contribution is -0.142. The molecular formula is C13H13F3O2. The highest BCUT2D eigenvalue weighted by Gasteiger charge is 2.42. The summed E-state index contributed by atoms with van der Waals surface area (Å²) < 4.78 is 38.6. The van der Waals surface area contributed by atoms with Gasteiger partial charge in [0, 0.05) is 12.8 Å². The van der Waals surface area contributed by atoms with E-state index in [1.807, 2.05) is 0 Å². The number of halogens is 3. The molecule has 1 aliphatic rings. The highest BCUT2D eigenvalue weighted by atomic mass is 19.4. The highest BCUT2D eigenvalue weighted by Crippen LogP contribution is 2.42. The summed E-state index contributed by atoms with van der Waals surface area (Å²) >= 11 is 0. The number of hydrogen-bond donors (Lipinski definition) is 1. The van der Waals surface area contributed by atoms with E-state index >= 15 is 0 Å². The predicted molar refractivity (Wildman–Crippen MR) is 58.8 cm³/mol. The molecule has 18 heavy (non-hydrogen) atoms. The lowest BCUT2D eigenvalue weighted by Gasteiger charge is -2.33. The molecule has 0 saturated heterocycles. The van der Waals surface area contributed by atoms with Crippen LogP contribution in [-0.2, 0) is 16.6 Å². The molecule has 1 saturated carbocycles. The summed E-state index contributed by atoms with van der Waals surface area (Å²) in [6.45, 7) is 0. The van der Waals surface area contributed by atoms with Crippen LogP contribution in [0.1, 0.15) is 36.8 Å². The Morgan fingerprint density at radius 1 is 1.11 bits per heavy atom. The molecule has 1 aromatic carbocycles. The van der Waals surface area contributed by atoms with Crippen LogP contribution in [0.25, 0.3) is 0 Å². The number of rotatable bonds is 1. The number of hydrogen-bond acceptors (Lipinski definition) is 2. The van der Waals surface area contributed by atoms with Crippen LogP contribution in [-0.4, -0.2) is 10.9 Å². The zero-order valence-corrected chi connectivity index (χ0v) is 9.63. The Kier molecular flexibility index (Phi) is 3.19. The first kappa shape index (κ1) is 13.1. The molecule has 2 nitrogen and oxygen atoms in total. The van der Waals surface area contributed by atoms with Crippen molar-refractivity contribution in [3.05, 3.63) is 35.4 Å². The van der Waals surface area contributed by atoms with Gasteiger partial charge in [-0.3, -0.25) is 4.79 Å². The van der Waals surface area contributed by atoms with Crippen LogP contribution in [0, 0.1) is 0 Å². The zero-order chi connectivity index (χ0) is 13.4. The van der Waals surface area contributed by atoms with E-state index in [4.69, 9.17) is 0 Å². The molecule has 0 radical (unpaired) electrons. The number of carbonyl (C=O) groups is 1. The first-order valence-corrected chi connectivity index (χ1v) is 5.74. The Labute approximate surface area is 102 Å². The second kappa shape index (κ2) is 4.39. The van der Waals surface area contributed by atoms with Crippen molar-refractivity contribution in [2.45, 2.75) is 37.5 Å². The monoisotopic (exact) mass is 258 g/mol. The lowest BCUT2D eigenvalue weighted by atomic mass is 9.77. The van der Waals surface area contributed by atoms with Crippen molar-refractivity contribution in [3.8, 4) is 0 Å². The molecule has 0 bridgehead atoms. The standard InChI is InChI=1S/C13H13F3O2/c14-13(15,16)11-4-2-1-3-10(11)12(18)7-5-9(17)6-8-12/h1-4,18H,5-8H2. The van der Waals surface area contributed by atoms with Crippen LogP contribution in [0.3, 0.4) is 0 Å². The average Bonchev–Trinajstić information content (AvgIpc) is 2.32. The molecule has 0 spiro atoms. The summed E-state index contributed by atoms with van der Waals surface area (Å²) in [6.07, 6.45) is -4.13. The van der Waals surface area contributed by atoms with Gasteiger partial charge in [0.25, 0.3) is 0 Å². The molecule has 0 amide bonds. The summed E-state index contributed by atoms with van der Waals surface area (Å²) in [6, 6.07) is 5.02. The fourth-order valence-electron chi connectivity index (χ4n) is 2.35. The zero-order valence-electron chi connectivity index (χ0n) is 9.63. The Bertz CT molecular complexity index is 456. The third-order valence-corrected chi connectivity index (χ3v) is 3.37. The largest absolute Gasteiger partial charge is 0.416 e. The Balaban J connectivity index is 2.42. The molecule has 1 fully saturated rings. The van der Waals surface area contributed by atoms with E-state index in [1.165, 1.54) is 18.2 Å². The Hall–Kier alpha value is -1.36. The number of alkyl halides is 3. The highest BCUT2D eigenvalue weighted by molar-refractivity contribution is 5.79. The lowest BCUT2D eigenvalue weighted by Crippen LogP contribution is -2.33. The topological polar surface area (TPSA) is 37.3 Å². The van der Waals surface area contributed by atoms with Gasteiger partial charge in [-0.05, 0) is 24.5 Å². The van der Waals surface area contributed by atoms with E-state index in [0.29, 0.717) is 0 Å². The molecule has 0 atom stereocenters. The third-order valence-electron chi connectivity index (χ3n) is 3.37. The first-order valence-electron chi connectivity index (χ1n) is 5.74. The molecule has 0 heterocycles. The number of ketones is 1. The fraction of sp³-hybridized carbons (Fsp3) is 0.462. The van der Waals surface area contributed by atoms with Gasteiger partial charge in [0.1, 0.15) is 5.78 Å². The molecule has 1 aliphatic carbocycles. The van der Waals surface area contributed by atoms with Gasteiger partial charge in [-0.15, -0.1) is 0 Å². The van der Waals surface area contributed by atoms with Crippen LogP contribution in [0.5, 0.6) is 0 Å². The van der Waals surface area contributed by atoms with Gasteiger partial charge in [-0.2, -0.15) is 13.2 Å². The molecule has 1 aromatic rings. The Morgan fingerprint density at radius 3 is 2.22 bits per heavy atom. The number of benzene rings is 1. The summed E-state index contributed by atoms with van der Waals surface area (Å²) in [4.78, 5) is 11.1. The minimum atomic E-state index is -4.49. The summed E-state index contributed by atoms with van der Waals surface area (Å²) in [5.74, 6) is -0.0100. The van der Waals surface area contributed by atoms with E-state index < -0.39 is 17.3 Å². The van der Waals surface area contributed by atoms with Crippen LogP contribution >= 0.6 is 0 Å². The van der Waals surface area contributed by atoms with E-state index in [2.05, 4.69) is 0 Å². The third kappa shape index (κ3) is 2.41. The predicted octanol–water partition coefficient (Wildman–Crippen LogP) is 3.04. The van der Waals surface area contributed by atoms with Crippen molar-refractivity contribution >= 4 is 5.78 Å². The Morgan fingerprint density at radius 2 is 1.67 bits per heavy atom. The summed E-state index contributed by atoms with van der Waals surface area (Å²) in [7, 11) is 0. The van der Waals surface area contributed by atoms with Gasteiger partial charge in [0.05, 0.1) is 11.2 Å². The molecule has 0 unspecified atom stereocenters. The maximum Gasteiger partial charge on any atom is 0.416 e. The molecule has 0 aliphatic heterocycles. The normalized spacial score (nSPS) is 19.9. The van der Waals surface area contributed by atoms with E-state index in [0.717, 1.165) is 6.07 Å². The van der Waals surface area contributed by atoms with Crippen molar-refractivity contribution in [2.75, 3.05) is 0 Å². The summed E-state index contributed by atoms with van der Waals surface area (Å²) in [5.41, 5.74) is -2.48. The van der Waals surface area contributed by atoms with E-state index in [1.54, 1.807) is 0 Å². The first-order chi connectivity index (χ1) is 8.33. The molecule has 1 N–H and O–H groups in total. The maximum atomic E-state index is 12.9. The number of Topliss-reactive ketones (excluding diaryl/α,β-unsaturated/α-hetero) is 1. The molecule has 98 valence electrons. The van der Waals surface area contributed by atoms with Crippen molar-refractivity contribution in [1.82, 2.24) is 0 Å². The van der Waals surface area contributed by atoms with Gasteiger partial charge >= 0.3 is 6.18 Å². The van der Waals surface area contributed by atoms with Crippen molar-refractivity contribution in [3.63, 3.8) is 0 Å². The minimum Gasteiger partial charge on any atom is -0.385 e. The quantitative estimate of drug-likeness (QED) is 0.840. The fourth-order valence-corrected chi connectivity index (χ4v) is 2.35. The molecular weight excluding hydrogens is 245 g/mol. The van der Waals surface area contributed by atoms with Gasteiger partial charge in [0.2, 0.25) is 0 Å². The van der Waals surface area contributed by atoms with Gasteiger partial charge < -0.3 is 5.11 Å². The van der Waals surface area contributed by atoms with Gasteiger partial charge in [-0.1, -0.05) is 18.2 Å². The van der Waals surface area contributed by atoms with Crippen molar-refractivity contribution in [1.29, 1.82) is 0 Å². The van der Waals surface area contributed by atoms with Crippen molar-refractivity contribution in [2.24, 2.45) is 0 Å². The van der Waals surface area contributed by atoms with E-state index in [9.17, 15) is 23.1 Å². The van der Waals surface area contributed by atoms with Crippen molar-refractivity contribution < 1.29 is 23.1 Å². The van der Waals surface area contributed by atoms with Gasteiger partial charge in [0.15, 0.2) is 0 Å².